The second-order valence-electron chi connectivity index (χ2n) is 6.40. The number of benzene rings is 1. The van der Waals surface area contributed by atoms with Gasteiger partial charge in [-0.2, -0.15) is 0 Å². The van der Waals surface area contributed by atoms with Crippen molar-refractivity contribution in [2.24, 2.45) is 11.8 Å². The molecule has 0 aliphatic heterocycles. The molecule has 1 nitrogen and oxygen atoms in total. The number of aryl methyl sites for hydroxylation is 1. The summed E-state index contributed by atoms with van der Waals surface area (Å²) in [5.74, 6) is 1.42. The van der Waals surface area contributed by atoms with E-state index in [1.54, 1.807) is 6.07 Å². The monoisotopic (exact) mass is 263 g/mol. The molecular formula is C17H26FN. The van der Waals surface area contributed by atoms with Crippen molar-refractivity contribution in [1.82, 2.24) is 5.32 Å². The Morgan fingerprint density at radius 1 is 1.26 bits per heavy atom. The van der Waals surface area contributed by atoms with E-state index in [9.17, 15) is 4.39 Å². The highest BCUT2D eigenvalue weighted by atomic mass is 19.1. The number of hydrogen-bond acceptors (Lipinski definition) is 1. The van der Waals surface area contributed by atoms with Gasteiger partial charge in [-0.25, -0.2) is 4.39 Å². The molecule has 19 heavy (non-hydrogen) atoms. The second kappa shape index (κ2) is 6.04. The van der Waals surface area contributed by atoms with E-state index < -0.39 is 0 Å². The summed E-state index contributed by atoms with van der Waals surface area (Å²) in [5.41, 5.74) is 1.77. The summed E-state index contributed by atoms with van der Waals surface area (Å²) < 4.78 is 13.6. The lowest BCUT2D eigenvalue weighted by atomic mass is 9.79. The van der Waals surface area contributed by atoms with Gasteiger partial charge in [-0.1, -0.05) is 32.4 Å². The first-order chi connectivity index (χ1) is 8.97. The van der Waals surface area contributed by atoms with Gasteiger partial charge in [-0.15, -0.1) is 0 Å². The Hall–Kier alpha value is -0.890. The Labute approximate surface area is 116 Å². The summed E-state index contributed by atoms with van der Waals surface area (Å²) in [5, 5.41) is 3.70. The van der Waals surface area contributed by atoms with Gasteiger partial charge in [0.15, 0.2) is 0 Å². The van der Waals surface area contributed by atoms with Crippen LogP contribution in [0.5, 0.6) is 0 Å². The van der Waals surface area contributed by atoms with Gasteiger partial charge in [0, 0.05) is 12.1 Å². The third kappa shape index (κ3) is 3.56. The maximum atomic E-state index is 13.6. The fraction of sp³-hybridized carbons (Fsp3) is 0.647. The van der Waals surface area contributed by atoms with Gasteiger partial charge < -0.3 is 5.32 Å². The highest BCUT2D eigenvalue weighted by molar-refractivity contribution is 5.25. The van der Waals surface area contributed by atoms with Crippen LogP contribution in [0.4, 0.5) is 4.39 Å². The standard InChI is InChI=1S/C17H26FN/c1-11-5-6-13(3)17(9-11)19-14(4)15-8-7-12(2)16(18)10-15/h7-8,10-11,13-14,17,19H,5-6,9H2,1-4H3. The highest BCUT2D eigenvalue weighted by Crippen LogP contribution is 2.30. The van der Waals surface area contributed by atoms with Gasteiger partial charge >= 0.3 is 0 Å². The summed E-state index contributed by atoms with van der Waals surface area (Å²) in [7, 11) is 0. The summed E-state index contributed by atoms with van der Waals surface area (Å²) in [6, 6.07) is 6.35. The molecule has 4 atom stereocenters. The number of nitrogens with one attached hydrogen (secondary N) is 1. The summed E-state index contributed by atoms with van der Waals surface area (Å²) in [4.78, 5) is 0. The molecule has 0 amide bonds. The highest BCUT2D eigenvalue weighted by Gasteiger charge is 2.26. The fourth-order valence-corrected chi connectivity index (χ4v) is 3.06. The van der Waals surface area contributed by atoms with Crippen LogP contribution in [-0.2, 0) is 0 Å². The van der Waals surface area contributed by atoms with Crippen LogP contribution < -0.4 is 5.32 Å². The van der Waals surface area contributed by atoms with Gasteiger partial charge in [0.1, 0.15) is 5.82 Å². The first kappa shape index (κ1) is 14.5. The third-order valence-electron chi connectivity index (χ3n) is 4.62. The van der Waals surface area contributed by atoms with E-state index in [2.05, 4.69) is 26.1 Å². The van der Waals surface area contributed by atoms with E-state index >= 15 is 0 Å². The van der Waals surface area contributed by atoms with Gasteiger partial charge in [-0.3, -0.25) is 0 Å². The topological polar surface area (TPSA) is 12.0 Å². The van der Waals surface area contributed by atoms with E-state index in [1.165, 1.54) is 19.3 Å². The smallest absolute Gasteiger partial charge is 0.126 e. The predicted octanol–water partition coefficient (Wildman–Crippen LogP) is 4.61. The molecule has 1 saturated carbocycles. The predicted molar refractivity (Wildman–Crippen MR) is 78.7 cm³/mol. The lowest BCUT2D eigenvalue weighted by molar-refractivity contribution is 0.216. The van der Waals surface area contributed by atoms with Crippen molar-refractivity contribution in [3.8, 4) is 0 Å². The summed E-state index contributed by atoms with van der Waals surface area (Å²) >= 11 is 0. The minimum atomic E-state index is -0.101. The first-order valence-electron chi connectivity index (χ1n) is 7.49. The maximum absolute atomic E-state index is 13.6. The lowest BCUT2D eigenvalue weighted by Crippen LogP contribution is -2.40. The molecule has 1 aromatic rings. The quantitative estimate of drug-likeness (QED) is 0.839. The molecule has 1 N–H and O–H groups in total. The first-order valence-corrected chi connectivity index (χ1v) is 7.49. The molecule has 4 unspecified atom stereocenters. The molecule has 0 bridgehead atoms. The average molecular weight is 263 g/mol. The van der Waals surface area contributed by atoms with Crippen molar-refractivity contribution in [3.05, 3.63) is 35.1 Å². The van der Waals surface area contributed by atoms with E-state index in [-0.39, 0.29) is 11.9 Å². The zero-order chi connectivity index (χ0) is 14.0. The Morgan fingerprint density at radius 3 is 2.68 bits per heavy atom. The molecule has 0 radical (unpaired) electrons. The fourth-order valence-electron chi connectivity index (χ4n) is 3.06. The van der Waals surface area contributed by atoms with Gasteiger partial charge in [-0.05, 0) is 55.7 Å². The molecule has 1 fully saturated rings. The van der Waals surface area contributed by atoms with Gasteiger partial charge in [0.25, 0.3) is 0 Å². The number of halogens is 1. The van der Waals surface area contributed by atoms with Crippen molar-refractivity contribution in [2.75, 3.05) is 0 Å². The molecule has 1 aromatic carbocycles. The average Bonchev–Trinajstić information content (AvgIpc) is 2.37. The zero-order valence-corrected chi connectivity index (χ0v) is 12.5. The minimum absolute atomic E-state index is 0.101. The molecule has 0 heterocycles. The van der Waals surface area contributed by atoms with E-state index in [0.717, 1.165) is 17.0 Å². The molecule has 0 spiro atoms. The van der Waals surface area contributed by atoms with E-state index in [4.69, 9.17) is 0 Å². The van der Waals surface area contributed by atoms with Crippen LogP contribution in [-0.4, -0.2) is 6.04 Å². The largest absolute Gasteiger partial charge is 0.307 e. The lowest BCUT2D eigenvalue weighted by Gasteiger charge is -2.35. The van der Waals surface area contributed by atoms with Gasteiger partial charge in [0.05, 0.1) is 0 Å². The van der Waals surface area contributed by atoms with Crippen LogP contribution in [0.2, 0.25) is 0 Å². The molecule has 2 rings (SSSR count). The number of hydrogen-bond donors (Lipinski definition) is 1. The normalized spacial score (nSPS) is 29.2. The minimum Gasteiger partial charge on any atom is -0.307 e. The molecule has 0 aromatic heterocycles. The molecule has 1 aliphatic carbocycles. The van der Waals surface area contributed by atoms with Crippen LogP contribution in [0.1, 0.15) is 57.2 Å². The van der Waals surface area contributed by atoms with Crippen LogP contribution >= 0.6 is 0 Å². The second-order valence-corrected chi connectivity index (χ2v) is 6.40. The zero-order valence-electron chi connectivity index (χ0n) is 12.5. The van der Waals surface area contributed by atoms with Crippen LogP contribution in [0, 0.1) is 24.6 Å². The van der Waals surface area contributed by atoms with E-state index in [1.807, 2.05) is 19.1 Å². The van der Waals surface area contributed by atoms with Crippen molar-refractivity contribution >= 4 is 0 Å². The van der Waals surface area contributed by atoms with Crippen molar-refractivity contribution in [2.45, 2.75) is 59.0 Å². The molecule has 2 heteroatoms. The Balaban J connectivity index is 2.03. The van der Waals surface area contributed by atoms with Crippen LogP contribution in [0.15, 0.2) is 18.2 Å². The van der Waals surface area contributed by atoms with Crippen molar-refractivity contribution in [1.29, 1.82) is 0 Å². The summed E-state index contributed by atoms with van der Waals surface area (Å²) in [6.45, 7) is 8.60. The molecular weight excluding hydrogens is 237 g/mol. The Kier molecular flexibility index (Phi) is 4.62. The molecule has 1 aliphatic rings. The van der Waals surface area contributed by atoms with Gasteiger partial charge in [0.2, 0.25) is 0 Å². The SMILES string of the molecule is Cc1ccc(C(C)NC2CC(C)CCC2C)cc1F. The molecule has 0 saturated heterocycles. The van der Waals surface area contributed by atoms with E-state index in [0.29, 0.717) is 12.0 Å². The Bertz CT molecular complexity index is 429. The van der Waals surface area contributed by atoms with Crippen molar-refractivity contribution < 1.29 is 4.39 Å². The maximum Gasteiger partial charge on any atom is 0.126 e. The van der Waals surface area contributed by atoms with Crippen LogP contribution in [0.25, 0.3) is 0 Å². The Morgan fingerprint density at radius 2 is 2.00 bits per heavy atom. The third-order valence-corrected chi connectivity index (χ3v) is 4.62. The van der Waals surface area contributed by atoms with Crippen molar-refractivity contribution in [3.63, 3.8) is 0 Å². The number of rotatable bonds is 3. The summed E-state index contributed by atoms with van der Waals surface area (Å²) in [6.07, 6.45) is 3.88. The molecule has 106 valence electrons. The van der Waals surface area contributed by atoms with Crippen LogP contribution in [0.3, 0.4) is 0 Å².